The fourth-order valence-electron chi connectivity index (χ4n) is 4.98. The van der Waals surface area contributed by atoms with Gasteiger partial charge in [0.05, 0.1) is 0 Å². The number of aryl methyl sites for hydroxylation is 1. The zero-order valence-corrected chi connectivity index (χ0v) is 23.7. The van der Waals surface area contributed by atoms with Crippen molar-refractivity contribution in [2.75, 3.05) is 44.2 Å². The van der Waals surface area contributed by atoms with Gasteiger partial charge in [-0.15, -0.1) is 0 Å². The molecule has 1 heterocycles. The van der Waals surface area contributed by atoms with E-state index < -0.39 is 0 Å². The average molecular weight is 526 g/mol. The van der Waals surface area contributed by atoms with Crippen LogP contribution in [0.3, 0.4) is 0 Å². The number of fused-ring (bicyclic) bond motifs is 1. The number of carbonyl (C=O) groups excluding carboxylic acids is 2. The molecule has 0 saturated carbocycles. The van der Waals surface area contributed by atoms with Gasteiger partial charge in [0.15, 0.2) is 6.61 Å². The minimum Gasteiger partial charge on any atom is -0.484 e. The van der Waals surface area contributed by atoms with Crippen molar-refractivity contribution in [3.63, 3.8) is 0 Å². The lowest BCUT2D eigenvalue weighted by atomic mass is 10.1. The number of carbonyl (C=O) groups is 2. The number of hydrogen-bond acceptors (Lipinski definition) is 4. The number of anilines is 1. The van der Waals surface area contributed by atoms with Gasteiger partial charge in [-0.25, -0.2) is 4.39 Å². The lowest BCUT2D eigenvalue weighted by Gasteiger charge is -2.32. The minimum atomic E-state index is -0.376. The van der Waals surface area contributed by atoms with Crippen LogP contribution in [0.1, 0.15) is 58.1 Å². The van der Waals surface area contributed by atoms with Crippen LogP contribution in [-0.2, 0) is 16.1 Å². The standard InChI is InChI=1S/C31H44FN3O3/c1-23(2)18-30(36)35-17-9-15-33(20-24(3)4)14-8-16-34(21-26-19-27(32)12-13-28(26)35)31(37)22-38-29-11-7-6-10-25(29)5/h6-7,10-13,19,23-24H,8-9,14-18,20-22H2,1-5H3. The summed E-state index contributed by atoms with van der Waals surface area (Å²) in [5.74, 6) is 0.901. The third-order valence-electron chi connectivity index (χ3n) is 6.76. The summed E-state index contributed by atoms with van der Waals surface area (Å²) in [6.07, 6.45) is 2.06. The summed E-state index contributed by atoms with van der Waals surface area (Å²) in [7, 11) is 0. The monoisotopic (exact) mass is 525 g/mol. The maximum Gasteiger partial charge on any atom is 0.260 e. The van der Waals surface area contributed by atoms with Crippen LogP contribution in [0.4, 0.5) is 10.1 Å². The van der Waals surface area contributed by atoms with Gasteiger partial charge in [0, 0.05) is 38.3 Å². The second-order valence-corrected chi connectivity index (χ2v) is 11.2. The van der Waals surface area contributed by atoms with Gasteiger partial charge in [-0.05, 0) is 80.1 Å². The molecule has 0 saturated heterocycles. The van der Waals surface area contributed by atoms with E-state index in [0.717, 1.165) is 38.0 Å². The second-order valence-electron chi connectivity index (χ2n) is 11.2. The Labute approximate surface area is 227 Å². The van der Waals surface area contributed by atoms with Crippen molar-refractivity contribution in [1.29, 1.82) is 0 Å². The number of halogens is 1. The molecule has 38 heavy (non-hydrogen) atoms. The van der Waals surface area contributed by atoms with E-state index in [4.69, 9.17) is 4.74 Å². The van der Waals surface area contributed by atoms with E-state index in [2.05, 4.69) is 18.7 Å². The minimum absolute atomic E-state index is 0.0288. The van der Waals surface area contributed by atoms with Crippen molar-refractivity contribution < 1.29 is 18.7 Å². The Morgan fingerprint density at radius 2 is 1.63 bits per heavy atom. The first-order valence-corrected chi connectivity index (χ1v) is 13.9. The van der Waals surface area contributed by atoms with E-state index in [-0.39, 0.29) is 36.7 Å². The molecule has 0 aromatic heterocycles. The van der Waals surface area contributed by atoms with E-state index in [1.807, 2.05) is 45.0 Å². The molecule has 2 amide bonds. The molecule has 0 unspecified atom stereocenters. The van der Waals surface area contributed by atoms with Gasteiger partial charge in [-0.1, -0.05) is 45.9 Å². The molecule has 0 radical (unpaired) electrons. The molecular weight excluding hydrogens is 481 g/mol. The Morgan fingerprint density at radius 3 is 2.32 bits per heavy atom. The Hall–Kier alpha value is -2.93. The van der Waals surface area contributed by atoms with Gasteiger partial charge < -0.3 is 19.4 Å². The van der Waals surface area contributed by atoms with Crippen LogP contribution in [0.2, 0.25) is 0 Å². The van der Waals surface area contributed by atoms with Crippen molar-refractivity contribution in [1.82, 2.24) is 9.80 Å². The van der Waals surface area contributed by atoms with Crippen LogP contribution in [0.15, 0.2) is 42.5 Å². The van der Waals surface area contributed by atoms with Crippen LogP contribution >= 0.6 is 0 Å². The third kappa shape index (κ3) is 8.83. The lowest BCUT2D eigenvalue weighted by molar-refractivity contribution is -0.134. The largest absolute Gasteiger partial charge is 0.484 e. The fraction of sp³-hybridized carbons (Fsp3) is 0.548. The maximum absolute atomic E-state index is 14.5. The molecule has 2 aromatic rings. The molecule has 208 valence electrons. The van der Waals surface area contributed by atoms with Gasteiger partial charge >= 0.3 is 0 Å². The quantitative estimate of drug-likeness (QED) is 0.467. The number of rotatable bonds is 7. The summed E-state index contributed by atoms with van der Waals surface area (Å²) in [5, 5.41) is 0. The zero-order valence-electron chi connectivity index (χ0n) is 23.7. The maximum atomic E-state index is 14.5. The smallest absolute Gasteiger partial charge is 0.260 e. The molecule has 1 aliphatic heterocycles. The molecular formula is C31H44FN3O3. The normalized spacial score (nSPS) is 15.7. The van der Waals surface area contributed by atoms with Gasteiger partial charge in [-0.2, -0.15) is 0 Å². The molecule has 3 rings (SSSR count). The van der Waals surface area contributed by atoms with E-state index in [9.17, 15) is 14.0 Å². The van der Waals surface area contributed by atoms with Crippen molar-refractivity contribution in [3.8, 4) is 5.75 Å². The Morgan fingerprint density at radius 1 is 0.921 bits per heavy atom. The molecule has 0 N–H and O–H groups in total. The Balaban J connectivity index is 1.91. The predicted molar refractivity (Wildman–Crippen MR) is 151 cm³/mol. The summed E-state index contributed by atoms with van der Waals surface area (Å²) >= 11 is 0. The second kappa shape index (κ2) is 14.3. The molecule has 0 spiro atoms. The molecule has 1 aliphatic rings. The van der Waals surface area contributed by atoms with Crippen molar-refractivity contribution in [2.24, 2.45) is 11.8 Å². The number of para-hydroxylation sites is 1. The summed E-state index contributed by atoms with van der Waals surface area (Å²) in [6.45, 7) is 14.3. The molecule has 6 nitrogen and oxygen atoms in total. The highest BCUT2D eigenvalue weighted by atomic mass is 19.1. The number of ether oxygens (including phenoxy) is 1. The van der Waals surface area contributed by atoms with Crippen LogP contribution in [0, 0.1) is 24.6 Å². The number of hydrogen-bond donors (Lipinski definition) is 0. The van der Waals surface area contributed by atoms with Crippen molar-refractivity contribution >= 4 is 17.5 Å². The summed E-state index contributed by atoms with van der Waals surface area (Å²) in [5.41, 5.74) is 2.29. The van der Waals surface area contributed by atoms with Crippen molar-refractivity contribution in [3.05, 3.63) is 59.4 Å². The molecule has 0 bridgehead atoms. The van der Waals surface area contributed by atoms with Gasteiger partial charge in [0.1, 0.15) is 11.6 Å². The van der Waals surface area contributed by atoms with Crippen LogP contribution < -0.4 is 9.64 Å². The van der Waals surface area contributed by atoms with E-state index >= 15 is 0 Å². The number of nitrogens with zero attached hydrogens (tertiary/aromatic N) is 3. The SMILES string of the molecule is Cc1ccccc1OCC(=O)N1CCCN(CC(C)C)CCCN(C(=O)CC(C)C)c2ccc(F)cc2C1. The highest BCUT2D eigenvalue weighted by Crippen LogP contribution is 2.26. The molecule has 0 fully saturated rings. The van der Waals surface area contributed by atoms with Gasteiger partial charge in [0.2, 0.25) is 5.91 Å². The lowest BCUT2D eigenvalue weighted by Crippen LogP contribution is -2.41. The summed E-state index contributed by atoms with van der Waals surface area (Å²) in [6, 6.07) is 12.2. The summed E-state index contributed by atoms with van der Waals surface area (Å²) in [4.78, 5) is 32.8. The van der Waals surface area contributed by atoms with Gasteiger partial charge in [-0.3, -0.25) is 9.59 Å². The van der Waals surface area contributed by atoms with E-state index in [1.54, 1.807) is 15.9 Å². The number of amides is 2. The molecule has 0 atom stereocenters. The highest BCUT2D eigenvalue weighted by molar-refractivity contribution is 5.94. The number of benzene rings is 2. The first kappa shape index (κ1) is 29.6. The summed E-state index contributed by atoms with van der Waals surface area (Å²) < 4.78 is 20.3. The topological polar surface area (TPSA) is 53.1 Å². The van der Waals surface area contributed by atoms with Crippen molar-refractivity contribution in [2.45, 2.75) is 60.4 Å². The molecule has 2 aromatic carbocycles. The van der Waals surface area contributed by atoms with E-state index in [1.165, 1.54) is 12.1 Å². The third-order valence-corrected chi connectivity index (χ3v) is 6.76. The molecule has 0 aliphatic carbocycles. The van der Waals surface area contributed by atoms with Crippen LogP contribution in [-0.4, -0.2) is 60.9 Å². The first-order valence-electron chi connectivity index (χ1n) is 13.9. The highest BCUT2D eigenvalue weighted by Gasteiger charge is 2.24. The Bertz CT molecular complexity index is 1070. The van der Waals surface area contributed by atoms with Gasteiger partial charge in [0.25, 0.3) is 5.91 Å². The predicted octanol–water partition coefficient (Wildman–Crippen LogP) is 5.67. The van der Waals surface area contributed by atoms with Crippen LogP contribution in [0.5, 0.6) is 5.75 Å². The molecule has 7 heteroatoms. The first-order chi connectivity index (χ1) is 18.1. The fourth-order valence-corrected chi connectivity index (χ4v) is 4.98. The zero-order chi connectivity index (χ0) is 27.7. The Kier molecular flexibility index (Phi) is 11.1. The average Bonchev–Trinajstić information content (AvgIpc) is 2.84. The van der Waals surface area contributed by atoms with Crippen LogP contribution in [0.25, 0.3) is 0 Å². The van der Waals surface area contributed by atoms with E-state index in [0.29, 0.717) is 42.4 Å².